The van der Waals surface area contributed by atoms with Crippen molar-refractivity contribution in [3.63, 3.8) is 0 Å². The molecule has 0 bridgehead atoms. The van der Waals surface area contributed by atoms with E-state index in [2.05, 4.69) is 5.32 Å². The van der Waals surface area contributed by atoms with E-state index in [0.29, 0.717) is 12.6 Å². The molecule has 1 aromatic carbocycles. The van der Waals surface area contributed by atoms with Gasteiger partial charge in [0.05, 0.1) is 0 Å². The van der Waals surface area contributed by atoms with Crippen LogP contribution in [0.25, 0.3) is 0 Å². The van der Waals surface area contributed by atoms with Gasteiger partial charge in [0.25, 0.3) is 0 Å². The lowest BCUT2D eigenvalue weighted by atomic mass is 9.95. The van der Waals surface area contributed by atoms with Crippen molar-refractivity contribution in [1.82, 2.24) is 4.90 Å². The van der Waals surface area contributed by atoms with E-state index in [1.807, 2.05) is 57.7 Å². The van der Waals surface area contributed by atoms with Crippen LogP contribution >= 0.6 is 0 Å². The van der Waals surface area contributed by atoms with Gasteiger partial charge in [-0.3, -0.25) is 0 Å². The first kappa shape index (κ1) is 18.4. The molecule has 1 heterocycles. The van der Waals surface area contributed by atoms with E-state index in [1.165, 1.54) is 5.56 Å². The fraction of sp³-hybridized carbons (Fsp3) is 0.632. The minimum Gasteiger partial charge on any atom is -0.444 e. The third kappa shape index (κ3) is 5.05. The number of hydrogen-bond acceptors (Lipinski definition) is 4. The molecule has 1 aromatic rings. The normalized spacial score (nSPS) is 17.2. The number of hydrogen-bond donors (Lipinski definition) is 2. The lowest BCUT2D eigenvalue weighted by Gasteiger charge is -2.33. The van der Waals surface area contributed by atoms with Crippen molar-refractivity contribution in [2.24, 2.45) is 0 Å². The highest BCUT2D eigenvalue weighted by molar-refractivity contribution is 5.68. The van der Waals surface area contributed by atoms with Crippen LogP contribution in [-0.4, -0.2) is 35.2 Å². The van der Waals surface area contributed by atoms with Crippen molar-refractivity contribution in [3.8, 4) is 0 Å². The molecular weight excluding hydrogens is 302 g/mol. The average molecular weight is 333 g/mol. The Morgan fingerprint density at radius 3 is 2.75 bits per heavy atom. The summed E-state index contributed by atoms with van der Waals surface area (Å²) in [6, 6.07) is 6.50. The molecule has 0 spiro atoms. The lowest BCUT2D eigenvalue weighted by molar-refractivity contribution is 0.0186. The number of carbonyl (C=O) groups is 1. The van der Waals surface area contributed by atoms with Gasteiger partial charge in [-0.05, 0) is 77.6 Å². The summed E-state index contributed by atoms with van der Waals surface area (Å²) in [5, 5.41) is 3.57. The summed E-state index contributed by atoms with van der Waals surface area (Å²) in [5.41, 5.74) is 8.63. The second kappa shape index (κ2) is 7.32. The maximum Gasteiger partial charge on any atom is 0.410 e. The molecule has 0 saturated heterocycles. The summed E-state index contributed by atoms with van der Waals surface area (Å²) in [5.74, 6) is 0. The van der Waals surface area contributed by atoms with Gasteiger partial charge in [-0.1, -0.05) is 0 Å². The van der Waals surface area contributed by atoms with Crippen molar-refractivity contribution in [2.45, 2.75) is 71.6 Å². The van der Waals surface area contributed by atoms with E-state index in [-0.39, 0.29) is 12.1 Å². The third-order valence-corrected chi connectivity index (χ3v) is 4.22. The number of fused-ring (bicyclic) bond motifs is 1. The summed E-state index contributed by atoms with van der Waals surface area (Å²) in [4.78, 5) is 14.2. The highest BCUT2D eigenvalue weighted by Crippen LogP contribution is 2.28. The number of nitrogens with one attached hydrogen (secondary N) is 1. The van der Waals surface area contributed by atoms with Gasteiger partial charge in [-0.25, -0.2) is 4.79 Å². The Labute approximate surface area is 145 Å². The standard InChI is InChI=1S/C19H31N3O2/c1-13(2)22(18(23)24-19(3,4)5)11-10-16-8-6-14-12-15(20)7-9-17(14)21-16/h7,9,12-13,16,21H,6,8,10-11,20H2,1-5H3. The van der Waals surface area contributed by atoms with E-state index >= 15 is 0 Å². The zero-order valence-corrected chi connectivity index (χ0v) is 15.6. The number of rotatable bonds is 4. The molecule has 0 aromatic heterocycles. The molecule has 0 radical (unpaired) electrons. The van der Waals surface area contributed by atoms with Gasteiger partial charge in [0.2, 0.25) is 0 Å². The van der Waals surface area contributed by atoms with Crippen LogP contribution in [0.5, 0.6) is 0 Å². The van der Waals surface area contributed by atoms with E-state index < -0.39 is 5.60 Å². The minimum atomic E-state index is -0.466. The maximum atomic E-state index is 12.4. The summed E-state index contributed by atoms with van der Waals surface area (Å²) < 4.78 is 5.52. The van der Waals surface area contributed by atoms with Crippen molar-refractivity contribution in [3.05, 3.63) is 23.8 Å². The number of aryl methyl sites for hydroxylation is 1. The quantitative estimate of drug-likeness (QED) is 0.816. The van der Waals surface area contributed by atoms with Gasteiger partial charge in [-0.15, -0.1) is 0 Å². The molecule has 1 unspecified atom stereocenters. The SMILES string of the molecule is CC(C)N(CCC1CCc2cc(N)ccc2N1)C(=O)OC(C)(C)C. The fourth-order valence-corrected chi connectivity index (χ4v) is 2.98. The van der Waals surface area contributed by atoms with Crippen LogP contribution in [0.4, 0.5) is 16.2 Å². The van der Waals surface area contributed by atoms with Crippen molar-refractivity contribution in [1.29, 1.82) is 0 Å². The average Bonchev–Trinajstić information content (AvgIpc) is 2.45. The third-order valence-electron chi connectivity index (χ3n) is 4.22. The van der Waals surface area contributed by atoms with Crippen LogP contribution in [0.2, 0.25) is 0 Å². The second-order valence-corrected chi connectivity index (χ2v) is 7.85. The molecule has 1 aliphatic heterocycles. The maximum absolute atomic E-state index is 12.4. The molecule has 1 aliphatic rings. The minimum absolute atomic E-state index is 0.121. The summed E-state index contributed by atoms with van der Waals surface area (Å²) in [6.45, 7) is 10.4. The molecule has 3 N–H and O–H groups in total. The van der Waals surface area contributed by atoms with Crippen LogP contribution in [0.3, 0.4) is 0 Å². The van der Waals surface area contributed by atoms with Crippen LogP contribution in [-0.2, 0) is 11.2 Å². The molecule has 134 valence electrons. The molecule has 5 nitrogen and oxygen atoms in total. The second-order valence-electron chi connectivity index (χ2n) is 7.85. The Morgan fingerprint density at radius 1 is 1.42 bits per heavy atom. The number of nitrogens with zero attached hydrogens (tertiary/aromatic N) is 1. The number of benzene rings is 1. The zero-order valence-electron chi connectivity index (χ0n) is 15.6. The van der Waals surface area contributed by atoms with Gasteiger partial charge in [0.1, 0.15) is 5.60 Å². The highest BCUT2D eigenvalue weighted by atomic mass is 16.6. The number of nitrogen functional groups attached to an aromatic ring is 1. The van der Waals surface area contributed by atoms with Gasteiger partial charge >= 0.3 is 6.09 Å². The molecule has 0 aliphatic carbocycles. The first-order valence-corrected chi connectivity index (χ1v) is 8.80. The topological polar surface area (TPSA) is 67.6 Å². The molecule has 1 atom stereocenters. The van der Waals surface area contributed by atoms with Gasteiger partial charge in [0, 0.05) is 30.0 Å². The molecule has 1 amide bonds. The predicted molar refractivity (Wildman–Crippen MR) is 99.3 cm³/mol. The zero-order chi connectivity index (χ0) is 17.9. The van der Waals surface area contributed by atoms with Crippen molar-refractivity contribution < 1.29 is 9.53 Å². The number of ether oxygens (including phenoxy) is 1. The lowest BCUT2D eigenvalue weighted by Crippen LogP contribution is -2.43. The van der Waals surface area contributed by atoms with Gasteiger partial charge < -0.3 is 20.7 Å². The highest BCUT2D eigenvalue weighted by Gasteiger charge is 2.25. The smallest absolute Gasteiger partial charge is 0.410 e. The van der Waals surface area contributed by atoms with E-state index in [9.17, 15) is 4.79 Å². The summed E-state index contributed by atoms with van der Waals surface area (Å²) in [7, 11) is 0. The number of nitrogens with two attached hydrogens (primary N) is 1. The van der Waals surface area contributed by atoms with Gasteiger partial charge in [0.15, 0.2) is 0 Å². The molecule has 0 fully saturated rings. The molecule has 24 heavy (non-hydrogen) atoms. The molecular formula is C19H31N3O2. The number of amides is 1. The van der Waals surface area contributed by atoms with Crippen LogP contribution in [0.1, 0.15) is 53.0 Å². The van der Waals surface area contributed by atoms with Crippen molar-refractivity contribution >= 4 is 17.5 Å². The Kier molecular flexibility index (Phi) is 5.62. The van der Waals surface area contributed by atoms with E-state index in [4.69, 9.17) is 10.5 Å². The van der Waals surface area contributed by atoms with Crippen LogP contribution in [0, 0.1) is 0 Å². The Bertz CT molecular complexity index is 578. The predicted octanol–water partition coefficient (Wildman–Crippen LogP) is 4.03. The summed E-state index contributed by atoms with van der Waals surface area (Å²) >= 11 is 0. The van der Waals surface area contributed by atoms with E-state index in [0.717, 1.165) is 30.6 Å². The molecule has 5 heteroatoms. The first-order chi connectivity index (χ1) is 11.2. The largest absolute Gasteiger partial charge is 0.444 e. The number of anilines is 2. The number of carbonyl (C=O) groups excluding carboxylic acids is 1. The van der Waals surface area contributed by atoms with Crippen LogP contribution < -0.4 is 11.1 Å². The first-order valence-electron chi connectivity index (χ1n) is 8.80. The molecule has 2 rings (SSSR count). The fourth-order valence-electron chi connectivity index (χ4n) is 2.98. The Morgan fingerprint density at radius 2 is 2.12 bits per heavy atom. The molecule has 0 saturated carbocycles. The Hall–Kier alpha value is -1.91. The summed E-state index contributed by atoms with van der Waals surface area (Å²) in [6.07, 6.45) is 2.74. The van der Waals surface area contributed by atoms with E-state index in [1.54, 1.807) is 0 Å². The van der Waals surface area contributed by atoms with Crippen LogP contribution in [0.15, 0.2) is 18.2 Å². The Balaban J connectivity index is 1.93. The monoisotopic (exact) mass is 333 g/mol. The van der Waals surface area contributed by atoms with Crippen molar-refractivity contribution in [2.75, 3.05) is 17.6 Å². The van der Waals surface area contributed by atoms with Gasteiger partial charge in [-0.2, -0.15) is 0 Å².